The standard InChI is InChI=1S/C14H25NO4/c1-14(2,3)19-12(16)11(15-13(17)18)9-10-7-5-4-6-8-10/h10-11,15H,4-9H2,1-3H3,(H,17,18)/t11-/m0/s1. The summed E-state index contributed by atoms with van der Waals surface area (Å²) in [6, 6.07) is -0.750. The predicted molar refractivity (Wildman–Crippen MR) is 72.0 cm³/mol. The number of ether oxygens (including phenoxy) is 1. The van der Waals surface area contributed by atoms with Gasteiger partial charge in [-0.3, -0.25) is 0 Å². The first-order chi connectivity index (χ1) is 8.78. The molecule has 1 aliphatic rings. The number of hydrogen-bond donors (Lipinski definition) is 2. The molecular weight excluding hydrogens is 246 g/mol. The first-order valence-corrected chi connectivity index (χ1v) is 7.00. The summed E-state index contributed by atoms with van der Waals surface area (Å²) in [7, 11) is 0. The molecule has 0 aromatic rings. The molecule has 0 radical (unpaired) electrons. The summed E-state index contributed by atoms with van der Waals surface area (Å²) in [6.45, 7) is 5.34. The fourth-order valence-corrected chi connectivity index (χ4v) is 2.49. The van der Waals surface area contributed by atoms with Crippen LogP contribution in [-0.2, 0) is 9.53 Å². The van der Waals surface area contributed by atoms with Gasteiger partial charge in [-0.15, -0.1) is 0 Å². The predicted octanol–water partition coefficient (Wildman–Crippen LogP) is 2.93. The van der Waals surface area contributed by atoms with Crippen LogP contribution in [0.1, 0.15) is 59.3 Å². The molecule has 0 saturated heterocycles. The van der Waals surface area contributed by atoms with E-state index >= 15 is 0 Å². The average Bonchev–Trinajstić information content (AvgIpc) is 2.26. The van der Waals surface area contributed by atoms with E-state index in [0.29, 0.717) is 12.3 Å². The maximum atomic E-state index is 12.0. The molecule has 1 amide bonds. The van der Waals surface area contributed by atoms with Crippen LogP contribution in [0.2, 0.25) is 0 Å². The summed E-state index contributed by atoms with van der Waals surface area (Å²) in [4.78, 5) is 22.8. The number of rotatable bonds is 4. The number of esters is 1. The van der Waals surface area contributed by atoms with Gasteiger partial charge in [-0.2, -0.15) is 0 Å². The van der Waals surface area contributed by atoms with E-state index in [-0.39, 0.29) is 0 Å². The van der Waals surface area contributed by atoms with Crippen molar-refractivity contribution in [3.63, 3.8) is 0 Å². The summed E-state index contributed by atoms with van der Waals surface area (Å²) >= 11 is 0. The third kappa shape index (κ3) is 6.45. The van der Waals surface area contributed by atoms with Crippen LogP contribution in [0.3, 0.4) is 0 Å². The second-order valence-corrected chi connectivity index (χ2v) is 6.28. The summed E-state index contributed by atoms with van der Waals surface area (Å²) in [5, 5.41) is 11.1. The molecule has 1 rings (SSSR count). The largest absolute Gasteiger partial charge is 0.465 e. The van der Waals surface area contributed by atoms with Crippen molar-refractivity contribution in [1.82, 2.24) is 5.32 Å². The number of nitrogens with one attached hydrogen (secondary N) is 1. The molecule has 1 atom stereocenters. The van der Waals surface area contributed by atoms with Gasteiger partial charge in [0, 0.05) is 0 Å². The van der Waals surface area contributed by atoms with Gasteiger partial charge >= 0.3 is 12.1 Å². The lowest BCUT2D eigenvalue weighted by molar-refractivity contribution is -0.157. The number of carbonyl (C=O) groups excluding carboxylic acids is 1. The fraction of sp³-hybridized carbons (Fsp3) is 0.857. The summed E-state index contributed by atoms with van der Waals surface area (Å²) < 4.78 is 5.28. The van der Waals surface area contributed by atoms with E-state index in [2.05, 4.69) is 5.32 Å². The van der Waals surface area contributed by atoms with Crippen molar-refractivity contribution >= 4 is 12.1 Å². The number of hydrogen-bond acceptors (Lipinski definition) is 3. The zero-order chi connectivity index (χ0) is 14.5. The number of carboxylic acid groups (broad SMARTS) is 1. The first-order valence-electron chi connectivity index (χ1n) is 7.00. The van der Waals surface area contributed by atoms with Crippen molar-refractivity contribution < 1.29 is 19.4 Å². The van der Waals surface area contributed by atoms with E-state index in [1.165, 1.54) is 19.3 Å². The van der Waals surface area contributed by atoms with E-state index in [1.54, 1.807) is 20.8 Å². The van der Waals surface area contributed by atoms with Crippen LogP contribution < -0.4 is 5.32 Å². The molecule has 5 heteroatoms. The maximum absolute atomic E-state index is 12.0. The minimum Gasteiger partial charge on any atom is -0.465 e. The lowest BCUT2D eigenvalue weighted by Crippen LogP contribution is -2.44. The molecule has 2 N–H and O–H groups in total. The molecule has 0 spiro atoms. The summed E-state index contributed by atoms with van der Waals surface area (Å²) in [5.74, 6) is -0.0569. The molecule has 5 nitrogen and oxygen atoms in total. The minimum atomic E-state index is -1.17. The second kappa shape index (κ2) is 6.78. The van der Waals surface area contributed by atoms with Crippen LogP contribution in [0.5, 0.6) is 0 Å². The van der Waals surface area contributed by atoms with Crippen LogP contribution in [0, 0.1) is 5.92 Å². The zero-order valence-corrected chi connectivity index (χ0v) is 12.1. The Kier molecular flexibility index (Phi) is 5.63. The van der Waals surface area contributed by atoms with Crippen molar-refractivity contribution in [3.05, 3.63) is 0 Å². The van der Waals surface area contributed by atoms with Crippen LogP contribution in [0.25, 0.3) is 0 Å². The van der Waals surface area contributed by atoms with Gasteiger partial charge in [0.2, 0.25) is 0 Å². The van der Waals surface area contributed by atoms with Crippen molar-refractivity contribution in [2.75, 3.05) is 0 Å². The van der Waals surface area contributed by atoms with Gasteiger partial charge in [-0.25, -0.2) is 9.59 Å². The third-order valence-electron chi connectivity index (χ3n) is 3.28. The molecule has 1 saturated carbocycles. The van der Waals surface area contributed by atoms with Gasteiger partial charge in [0.25, 0.3) is 0 Å². The van der Waals surface area contributed by atoms with E-state index in [4.69, 9.17) is 9.84 Å². The van der Waals surface area contributed by atoms with Crippen molar-refractivity contribution in [3.8, 4) is 0 Å². The number of amides is 1. The molecular formula is C14H25NO4. The molecule has 0 aliphatic heterocycles. The van der Waals surface area contributed by atoms with Gasteiger partial charge in [0.05, 0.1) is 0 Å². The van der Waals surface area contributed by atoms with Gasteiger partial charge < -0.3 is 15.2 Å². The topological polar surface area (TPSA) is 75.6 Å². The SMILES string of the molecule is CC(C)(C)OC(=O)[C@H](CC1CCCCC1)NC(=O)O. The molecule has 110 valence electrons. The number of carbonyl (C=O) groups is 2. The average molecular weight is 271 g/mol. The van der Waals surface area contributed by atoms with Crippen molar-refractivity contribution in [2.24, 2.45) is 5.92 Å². The Balaban J connectivity index is 2.59. The molecule has 0 aromatic heterocycles. The molecule has 1 fully saturated rings. The Hall–Kier alpha value is -1.26. The Morgan fingerprint density at radius 2 is 1.84 bits per heavy atom. The molecule has 0 bridgehead atoms. The quantitative estimate of drug-likeness (QED) is 0.771. The highest BCUT2D eigenvalue weighted by atomic mass is 16.6. The highest BCUT2D eigenvalue weighted by molar-refractivity contribution is 5.81. The zero-order valence-electron chi connectivity index (χ0n) is 12.1. The Morgan fingerprint density at radius 1 is 1.26 bits per heavy atom. The lowest BCUT2D eigenvalue weighted by Gasteiger charge is -2.28. The van der Waals surface area contributed by atoms with Crippen LogP contribution >= 0.6 is 0 Å². The van der Waals surface area contributed by atoms with Gasteiger partial charge in [0.15, 0.2) is 0 Å². The monoisotopic (exact) mass is 271 g/mol. The van der Waals surface area contributed by atoms with E-state index in [0.717, 1.165) is 12.8 Å². The Bertz CT molecular complexity index is 316. The van der Waals surface area contributed by atoms with E-state index in [9.17, 15) is 9.59 Å². The summed E-state index contributed by atoms with van der Waals surface area (Å²) in [5.41, 5.74) is -0.595. The van der Waals surface area contributed by atoms with Crippen LogP contribution in [0.15, 0.2) is 0 Å². The smallest absolute Gasteiger partial charge is 0.405 e. The molecule has 0 unspecified atom stereocenters. The normalized spacial score (nSPS) is 18.7. The fourth-order valence-electron chi connectivity index (χ4n) is 2.49. The highest BCUT2D eigenvalue weighted by Gasteiger charge is 2.29. The lowest BCUT2D eigenvalue weighted by atomic mass is 9.85. The minimum absolute atomic E-state index is 0.415. The third-order valence-corrected chi connectivity index (χ3v) is 3.28. The van der Waals surface area contributed by atoms with Gasteiger partial charge in [0.1, 0.15) is 11.6 Å². The van der Waals surface area contributed by atoms with E-state index < -0.39 is 23.7 Å². The second-order valence-electron chi connectivity index (χ2n) is 6.28. The van der Waals surface area contributed by atoms with Crippen LogP contribution in [0.4, 0.5) is 4.79 Å². The van der Waals surface area contributed by atoms with Crippen LogP contribution in [-0.4, -0.2) is 28.8 Å². The van der Waals surface area contributed by atoms with Crippen molar-refractivity contribution in [1.29, 1.82) is 0 Å². The molecule has 0 aromatic carbocycles. The van der Waals surface area contributed by atoms with Crippen molar-refractivity contribution in [2.45, 2.75) is 70.9 Å². The van der Waals surface area contributed by atoms with E-state index in [1.807, 2.05) is 0 Å². The maximum Gasteiger partial charge on any atom is 0.405 e. The molecule has 19 heavy (non-hydrogen) atoms. The Labute approximate surface area is 114 Å². The van der Waals surface area contributed by atoms with Gasteiger partial charge in [-0.1, -0.05) is 32.1 Å². The molecule has 1 aliphatic carbocycles. The summed E-state index contributed by atoms with van der Waals surface area (Å²) in [6.07, 6.45) is 5.08. The highest BCUT2D eigenvalue weighted by Crippen LogP contribution is 2.28. The first kappa shape index (κ1) is 15.8. The molecule has 0 heterocycles. The Morgan fingerprint density at radius 3 is 2.32 bits per heavy atom. The van der Waals surface area contributed by atoms with Gasteiger partial charge in [-0.05, 0) is 33.1 Å².